The van der Waals surface area contributed by atoms with Crippen LogP contribution in [0.5, 0.6) is 0 Å². The van der Waals surface area contributed by atoms with Gasteiger partial charge in [0.2, 0.25) is 0 Å². The van der Waals surface area contributed by atoms with Crippen LogP contribution in [0.4, 0.5) is 0 Å². The molecule has 14 heavy (non-hydrogen) atoms. The van der Waals surface area contributed by atoms with Gasteiger partial charge in [0.05, 0.1) is 0 Å². The monoisotopic (exact) mass is 216 g/mol. The lowest BCUT2D eigenvalue weighted by atomic mass is 10.3. The molecule has 0 spiro atoms. The van der Waals surface area contributed by atoms with Gasteiger partial charge in [0.1, 0.15) is 0 Å². The van der Waals surface area contributed by atoms with Crippen molar-refractivity contribution in [3.63, 3.8) is 0 Å². The maximum atomic E-state index is 4.94. The number of aromatic nitrogens is 1. The number of methoxy groups -OCH3 is 1. The summed E-state index contributed by atoms with van der Waals surface area (Å²) in [6.45, 7) is 2.69. The minimum atomic E-state index is 0. The van der Waals surface area contributed by atoms with Crippen molar-refractivity contribution in [2.45, 2.75) is 13.0 Å². The van der Waals surface area contributed by atoms with Gasteiger partial charge in [0, 0.05) is 32.7 Å². The molecule has 1 rings (SSSR count). The smallest absolute Gasteiger partial charge is 0.0474 e. The quantitative estimate of drug-likeness (QED) is 0.734. The summed E-state index contributed by atoms with van der Waals surface area (Å²) in [7, 11) is 1.72. The van der Waals surface area contributed by atoms with Crippen LogP contribution in [0.25, 0.3) is 0 Å². The highest BCUT2D eigenvalue weighted by Gasteiger charge is 1.90. The molecule has 1 aromatic rings. The fourth-order valence-corrected chi connectivity index (χ4v) is 1.08. The van der Waals surface area contributed by atoms with Gasteiger partial charge < -0.3 is 10.1 Å². The van der Waals surface area contributed by atoms with Gasteiger partial charge in [-0.15, -0.1) is 12.4 Å². The molecule has 0 atom stereocenters. The largest absolute Gasteiger partial charge is 0.385 e. The molecule has 0 radical (unpaired) electrons. The van der Waals surface area contributed by atoms with E-state index in [0.29, 0.717) is 0 Å². The molecule has 0 aliphatic rings. The first-order chi connectivity index (χ1) is 6.43. The van der Waals surface area contributed by atoms with Crippen LogP contribution < -0.4 is 5.32 Å². The van der Waals surface area contributed by atoms with E-state index in [9.17, 15) is 0 Å². The van der Waals surface area contributed by atoms with Crippen LogP contribution in [0.3, 0.4) is 0 Å². The van der Waals surface area contributed by atoms with Crippen molar-refractivity contribution in [3.8, 4) is 0 Å². The summed E-state index contributed by atoms with van der Waals surface area (Å²) >= 11 is 0. The molecule has 1 aromatic heterocycles. The van der Waals surface area contributed by atoms with Crippen LogP contribution >= 0.6 is 12.4 Å². The first-order valence-corrected chi connectivity index (χ1v) is 4.52. The molecule has 3 nitrogen and oxygen atoms in total. The topological polar surface area (TPSA) is 34.1 Å². The van der Waals surface area contributed by atoms with E-state index in [1.807, 2.05) is 12.3 Å². The normalized spacial score (nSPS) is 9.50. The molecule has 0 saturated heterocycles. The predicted molar refractivity (Wildman–Crippen MR) is 59.7 cm³/mol. The van der Waals surface area contributed by atoms with E-state index in [1.54, 1.807) is 13.3 Å². The number of ether oxygens (including phenoxy) is 1. The lowest BCUT2D eigenvalue weighted by Gasteiger charge is -2.03. The fourth-order valence-electron chi connectivity index (χ4n) is 1.08. The molecule has 0 bridgehead atoms. The number of pyridine rings is 1. The number of hydrogen-bond acceptors (Lipinski definition) is 3. The SMILES string of the molecule is COCCCNCc1cccnc1.Cl. The lowest BCUT2D eigenvalue weighted by molar-refractivity contribution is 0.194. The second-order valence-electron chi connectivity index (χ2n) is 2.88. The van der Waals surface area contributed by atoms with Crippen LogP contribution in [-0.4, -0.2) is 25.2 Å². The number of halogens is 1. The van der Waals surface area contributed by atoms with Crippen LogP contribution in [0.15, 0.2) is 24.5 Å². The van der Waals surface area contributed by atoms with E-state index >= 15 is 0 Å². The van der Waals surface area contributed by atoms with E-state index in [2.05, 4.69) is 16.4 Å². The summed E-state index contributed by atoms with van der Waals surface area (Å²) in [6.07, 6.45) is 4.72. The molecule has 1 N–H and O–H groups in total. The zero-order chi connectivity index (χ0) is 9.36. The Morgan fingerprint density at radius 1 is 1.50 bits per heavy atom. The third kappa shape index (κ3) is 5.91. The van der Waals surface area contributed by atoms with Crippen molar-refractivity contribution in [1.29, 1.82) is 0 Å². The van der Waals surface area contributed by atoms with Gasteiger partial charge in [-0.05, 0) is 24.6 Å². The average molecular weight is 217 g/mol. The van der Waals surface area contributed by atoms with Crippen molar-refractivity contribution in [2.24, 2.45) is 0 Å². The van der Waals surface area contributed by atoms with Crippen molar-refractivity contribution in [1.82, 2.24) is 10.3 Å². The van der Waals surface area contributed by atoms with Crippen molar-refractivity contribution < 1.29 is 4.74 Å². The predicted octanol–water partition coefficient (Wildman–Crippen LogP) is 1.63. The minimum absolute atomic E-state index is 0. The number of nitrogens with zero attached hydrogens (tertiary/aromatic N) is 1. The zero-order valence-electron chi connectivity index (χ0n) is 8.40. The average Bonchev–Trinajstić information content (AvgIpc) is 2.19. The lowest BCUT2D eigenvalue weighted by Crippen LogP contribution is -2.16. The number of rotatable bonds is 6. The van der Waals surface area contributed by atoms with E-state index in [4.69, 9.17) is 4.74 Å². The molecule has 0 saturated carbocycles. The van der Waals surface area contributed by atoms with Gasteiger partial charge >= 0.3 is 0 Å². The van der Waals surface area contributed by atoms with Gasteiger partial charge in [-0.25, -0.2) is 0 Å². The van der Waals surface area contributed by atoms with Gasteiger partial charge in [0.15, 0.2) is 0 Å². The maximum Gasteiger partial charge on any atom is 0.0474 e. The first kappa shape index (κ1) is 13.4. The van der Waals surface area contributed by atoms with Crippen LogP contribution in [0, 0.1) is 0 Å². The molecule has 0 aliphatic carbocycles. The summed E-state index contributed by atoms with van der Waals surface area (Å²) in [5, 5.41) is 3.32. The molecule has 0 aromatic carbocycles. The van der Waals surface area contributed by atoms with Crippen molar-refractivity contribution >= 4 is 12.4 Å². The van der Waals surface area contributed by atoms with E-state index in [1.165, 1.54) is 5.56 Å². The molecule has 0 unspecified atom stereocenters. The van der Waals surface area contributed by atoms with E-state index in [-0.39, 0.29) is 12.4 Å². The van der Waals surface area contributed by atoms with Crippen molar-refractivity contribution in [3.05, 3.63) is 30.1 Å². The Kier molecular flexibility index (Phi) is 8.53. The van der Waals surface area contributed by atoms with E-state index < -0.39 is 0 Å². The van der Waals surface area contributed by atoms with Crippen LogP contribution in [-0.2, 0) is 11.3 Å². The van der Waals surface area contributed by atoms with E-state index in [0.717, 1.165) is 26.1 Å². The molecule has 0 aliphatic heterocycles. The van der Waals surface area contributed by atoms with Crippen LogP contribution in [0.2, 0.25) is 0 Å². The van der Waals surface area contributed by atoms with Crippen molar-refractivity contribution in [2.75, 3.05) is 20.3 Å². The molecular weight excluding hydrogens is 200 g/mol. The van der Waals surface area contributed by atoms with Gasteiger partial charge in [-0.2, -0.15) is 0 Å². The summed E-state index contributed by atoms with van der Waals surface area (Å²) in [6, 6.07) is 4.02. The Hall–Kier alpha value is -0.640. The van der Waals surface area contributed by atoms with Gasteiger partial charge in [-0.1, -0.05) is 6.07 Å². The summed E-state index contributed by atoms with van der Waals surface area (Å²) < 4.78 is 4.94. The molecular formula is C10H17ClN2O. The fraction of sp³-hybridized carbons (Fsp3) is 0.500. The first-order valence-electron chi connectivity index (χ1n) is 4.52. The third-order valence-electron chi connectivity index (χ3n) is 1.75. The standard InChI is InChI=1S/C10H16N2O.ClH/c1-13-7-3-6-12-9-10-4-2-5-11-8-10;/h2,4-5,8,12H,3,6-7,9H2,1H3;1H. The number of hydrogen-bond donors (Lipinski definition) is 1. The molecule has 0 amide bonds. The summed E-state index contributed by atoms with van der Waals surface area (Å²) in [4.78, 5) is 4.04. The Morgan fingerprint density at radius 3 is 3.00 bits per heavy atom. The molecule has 1 heterocycles. The maximum absolute atomic E-state index is 4.94. The Labute approximate surface area is 91.3 Å². The Balaban J connectivity index is 0.00000169. The molecule has 0 fully saturated rings. The Morgan fingerprint density at radius 2 is 2.36 bits per heavy atom. The molecule has 80 valence electrons. The summed E-state index contributed by atoms with van der Waals surface area (Å²) in [5.41, 5.74) is 1.22. The highest BCUT2D eigenvalue weighted by molar-refractivity contribution is 5.85. The number of nitrogens with one attached hydrogen (secondary N) is 1. The van der Waals surface area contributed by atoms with Gasteiger partial charge in [-0.3, -0.25) is 4.98 Å². The minimum Gasteiger partial charge on any atom is -0.385 e. The highest BCUT2D eigenvalue weighted by atomic mass is 35.5. The summed E-state index contributed by atoms with van der Waals surface area (Å²) in [5.74, 6) is 0. The Bertz CT molecular complexity index is 219. The highest BCUT2D eigenvalue weighted by Crippen LogP contribution is 1.93. The molecule has 4 heteroatoms. The second-order valence-corrected chi connectivity index (χ2v) is 2.88. The third-order valence-corrected chi connectivity index (χ3v) is 1.75. The van der Waals surface area contributed by atoms with Gasteiger partial charge in [0.25, 0.3) is 0 Å². The second kappa shape index (κ2) is 8.94. The zero-order valence-corrected chi connectivity index (χ0v) is 9.22. The van der Waals surface area contributed by atoms with Crippen LogP contribution in [0.1, 0.15) is 12.0 Å².